The summed E-state index contributed by atoms with van der Waals surface area (Å²) in [6.07, 6.45) is 5.03. The van der Waals surface area contributed by atoms with Gasteiger partial charge in [0.15, 0.2) is 0 Å². The van der Waals surface area contributed by atoms with E-state index in [2.05, 4.69) is 54.9 Å². The maximum absolute atomic E-state index is 5.95. The van der Waals surface area contributed by atoms with Crippen LogP contribution in [0.4, 0.5) is 0 Å². The predicted octanol–water partition coefficient (Wildman–Crippen LogP) is 5.10. The quantitative estimate of drug-likeness (QED) is 0.682. The fourth-order valence-corrected chi connectivity index (χ4v) is 5.61. The minimum Gasteiger partial charge on any atom is -0.493 e. The second kappa shape index (κ2) is 5.36. The molecule has 0 aromatic heterocycles. The fourth-order valence-electron chi connectivity index (χ4n) is 4.05. The highest BCUT2D eigenvalue weighted by Gasteiger charge is 2.41. The minimum atomic E-state index is 0.171. The zero-order valence-electron chi connectivity index (χ0n) is 12.8. The number of hydrogen-bond donors (Lipinski definition) is 0. The monoisotopic (exact) mass is 336 g/mol. The summed E-state index contributed by atoms with van der Waals surface area (Å²) in [6, 6.07) is 6.71. The normalized spacial score (nSPS) is 29.9. The molecule has 1 fully saturated rings. The first-order valence-electron chi connectivity index (χ1n) is 7.89. The number of benzene rings is 1. The molecule has 3 unspecified atom stereocenters. The van der Waals surface area contributed by atoms with Crippen molar-refractivity contribution in [2.45, 2.75) is 56.7 Å². The molecule has 1 nitrogen and oxygen atoms in total. The zero-order valence-corrected chi connectivity index (χ0v) is 14.4. The lowest BCUT2D eigenvalue weighted by Crippen LogP contribution is -2.38. The van der Waals surface area contributed by atoms with Crippen molar-refractivity contribution < 1.29 is 4.74 Å². The molecule has 0 spiro atoms. The van der Waals surface area contributed by atoms with Gasteiger partial charge in [-0.25, -0.2) is 0 Å². The molecule has 20 heavy (non-hydrogen) atoms. The number of hydrogen-bond acceptors (Lipinski definition) is 1. The van der Waals surface area contributed by atoms with Gasteiger partial charge < -0.3 is 4.74 Å². The van der Waals surface area contributed by atoms with E-state index >= 15 is 0 Å². The summed E-state index contributed by atoms with van der Waals surface area (Å²) in [5, 5.41) is 0. The van der Waals surface area contributed by atoms with E-state index in [-0.39, 0.29) is 5.41 Å². The van der Waals surface area contributed by atoms with Crippen molar-refractivity contribution in [3.63, 3.8) is 0 Å². The Morgan fingerprint density at radius 1 is 1.25 bits per heavy atom. The van der Waals surface area contributed by atoms with Crippen LogP contribution in [0.1, 0.15) is 51.2 Å². The number of ether oxygens (including phenoxy) is 1. The first-order chi connectivity index (χ1) is 9.50. The van der Waals surface area contributed by atoms with Gasteiger partial charge in [0.25, 0.3) is 0 Å². The van der Waals surface area contributed by atoms with Crippen LogP contribution in [0, 0.1) is 11.8 Å². The molecular formula is C18H25BrO. The second-order valence-electron chi connectivity index (χ2n) is 7.15. The van der Waals surface area contributed by atoms with Crippen LogP contribution in [0.15, 0.2) is 18.2 Å². The summed E-state index contributed by atoms with van der Waals surface area (Å²) in [5.74, 6) is 2.72. The van der Waals surface area contributed by atoms with Crippen molar-refractivity contribution in [1.82, 2.24) is 0 Å². The first kappa shape index (κ1) is 14.4. The molecule has 110 valence electrons. The van der Waals surface area contributed by atoms with Gasteiger partial charge in [0.1, 0.15) is 5.75 Å². The number of alkyl halides is 1. The highest BCUT2D eigenvalue weighted by atomic mass is 79.9. The Kier molecular flexibility index (Phi) is 3.87. The van der Waals surface area contributed by atoms with Crippen LogP contribution >= 0.6 is 15.9 Å². The number of fused-ring (bicyclic) bond motifs is 1. The molecule has 1 aliphatic heterocycles. The largest absolute Gasteiger partial charge is 0.493 e. The molecule has 0 saturated heterocycles. The Labute approximate surface area is 131 Å². The summed E-state index contributed by atoms with van der Waals surface area (Å²) in [7, 11) is 0. The van der Waals surface area contributed by atoms with Gasteiger partial charge in [-0.2, -0.15) is 0 Å². The molecule has 0 radical (unpaired) electrons. The highest BCUT2D eigenvalue weighted by molar-refractivity contribution is 9.09. The van der Waals surface area contributed by atoms with E-state index in [1.807, 2.05) is 0 Å². The van der Waals surface area contributed by atoms with Crippen molar-refractivity contribution >= 4 is 15.9 Å². The van der Waals surface area contributed by atoms with Gasteiger partial charge in [0.05, 0.1) is 6.61 Å². The Morgan fingerprint density at radius 2 is 2.05 bits per heavy atom. The van der Waals surface area contributed by atoms with Crippen LogP contribution in [0.2, 0.25) is 0 Å². The molecule has 0 N–H and O–H groups in total. The lowest BCUT2D eigenvalue weighted by atomic mass is 9.65. The molecule has 2 heteroatoms. The van der Waals surface area contributed by atoms with Crippen molar-refractivity contribution in [3.8, 4) is 5.75 Å². The zero-order chi connectivity index (χ0) is 14.3. The molecule has 1 heterocycles. The maximum atomic E-state index is 5.95. The van der Waals surface area contributed by atoms with E-state index in [1.54, 1.807) is 0 Å². The van der Waals surface area contributed by atoms with E-state index in [0.29, 0.717) is 10.7 Å². The van der Waals surface area contributed by atoms with Gasteiger partial charge in [0.2, 0.25) is 0 Å². The van der Waals surface area contributed by atoms with Crippen molar-refractivity contribution in [3.05, 3.63) is 29.3 Å². The third-order valence-corrected chi connectivity index (χ3v) is 6.38. The fraction of sp³-hybridized carbons (Fsp3) is 0.667. The van der Waals surface area contributed by atoms with Crippen molar-refractivity contribution in [1.29, 1.82) is 0 Å². The van der Waals surface area contributed by atoms with Crippen LogP contribution in [-0.4, -0.2) is 11.4 Å². The topological polar surface area (TPSA) is 9.23 Å². The Hall–Kier alpha value is -0.500. The summed E-state index contributed by atoms with van der Waals surface area (Å²) in [6.45, 7) is 8.03. The Balaban J connectivity index is 1.94. The van der Waals surface area contributed by atoms with Gasteiger partial charge in [-0.1, -0.05) is 61.3 Å². The first-order valence-corrected chi connectivity index (χ1v) is 8.81. The number of para-hydroxylation sites is 1. The van der Waals surface area contributed by atoms with Gasteiger partial charge in [-0.05, 0) is 35.7 Å². The van der Waals surface area contributed by atoms with E-state index in [4.69, 9.17) is 4.74 Å². The molecule has 1 aliphatic carbocycles. The average Bonchev–Trinajstić information content (AvgIpc) is 2.85. The smallest absolute Gasteiger partial charge is 0.126 e. The molecule has 2 aliphatic rings. The van der Waals surface area contributed by atoms with E-state index in [1.165, 1.54) is 36.1 Å². The molecule has 0 bridgehead atoms. The molecule has 3 atom stereocenters. The van der Waals surface area contributed by atoms with Gasteiger partial charge in [0, 0.05) is 16.8 Å². The Bertz CT molecular complexity index is 494. The van der Waals surface area contributed by atoms with E-state index < -0.39 is 0 Å². The molecule has 1 aromatic carbocycles. The summed E-state index contributed by atoms with van der Waals surface area (Å²) >= 11 is 3.97. The average molecular weight is 337 g/mol. The van der Waals surface area contributed by atoms with Gasteiger partial charge in [-0.3, -0.25) is 0 Å². The number of rotatable bonds is 2. The van der Waals surface area contributed by atoms with E-state index in [9.17, 15) is 0 Å². The summed E-state index contributed by atoms with van der Waals surface area (Å²) in [5.41, 5.74) is 2.98. The SMILES string of the molecule is CC1CCC(C(C)(C)c2cccc3c2OCC3)C(Br)C1. The third-order valence-electron chi connectivity index (χ3n) is 5.37. The van der Waals surface area contributed by atoms with Crippen molar-refractivity contribution in [2.75, 3.05) is 6.61 Å². The van der Waals surface area contributed by atoms with Crippen LogP contribution in [-0.2, 0) is 11.8 Å². The van der Waals surface area contributed by atoms with Gasteiger partial charge >= 0.3 is 0 Å². The lowest BCUT2D eigenvalue weighted by Gasteiger charge is -2.42. The maximum Gasteiger partial charge on any atom is 0.126 e. The third kappa shape index (κ3) is 2.41. The van der Waals surface area contributed by atoms with Crippen LogP contribution in [0.25, 0.3) is 0 Å². The molecular weight excluding hydrogens is 312 g/mol. The molecule has 0 amide bonds. The molecule has 1 saturated carbocycles. The van der Waals surface area contributed by atoms with Crippen LogP contribution < -0.4 is 4.74 Å². The van der Waals surface area contributed by atoms with Gasteiger partial charge in [-0.15, -0.1) is 0 Å². The lowest BCUT2D eigenvalue weighted by molar-refractivity contribution is 0.209. The van der Waals surface area contributed by atoms with Crippen LogP contribution in [0.3, 0.4) is 0 Å². The number of halogens is 1. The highest BCUT2D eigenvalue weighted by Crippen LogP contribution is 2.48. The summed E-state index contributed by atoms with van der Waals surface area (Å²) < 4.78 is 5.95. The van der Waals surface area contributed by atoms with E-state index in [0.717, 1.165) is 18.9 Å². The Morgan fingerprint density at radius 3 is 2.80 bits per heavy atom. The summed E-state index contributed by atoms with van der Waals surface area (Å²) in [4.78, 5) is 0.624. The minimum absolute atomic E-state index is 0.171. The standard InChI is InChI=1S/C18H25BrO/c1-12-7-8-14(16(19)11-12)18(2,3)15-6-4-5-13-9-10-20-17(13)15/h4-6,12,14,16H,7-11H2,1-3H3. The second-order valence-corrected chi connectivity index (χ2v) is 8.33. The predicted molar refractivity (Wildman–Crippen MR) is 87.9 cm³/mol. The van der Waals surface area contributed by atoms with Crippen molar-refractivity contribution in [2.24, 2.45) is 11.8 Å². The molecule has 1 aromatic rings. The molecule has 3 rings (SSSR count). The van der Waals surface area contributed by atoms with Crippen LogP contribution in [0.5, 0.6) is 5.75 Å².